The Balaban J connectivity index is 2.94. The number of aliphatic carboxylic acids is 1. The Morgan fingerprint density at radius 3 is 2.41 bits per heavy atom. The molecule has 0 bridgehead atoms. The van der Waals surface area contributed by atoms with Gasteiger partial charge in [-0.3, -0.25) is 4.79 Å². The summed E-state index contributed by atoms with van der Waals surface area (Å²) in [4.78, 5) is 10.4. The number of halogens is 4. The van der Waals surface area contributed by atoms with Crippen LogP contribution in [0.4, 0.5) is 17.6 Å². The van der Waals surface area contributed by atoms with Crippen LogP contribution in [0.25, 0.3) is 0 Å². The van der Waals surface area contributed by atoms with Crippen LogP contribution < -0.4 is 5.73 Å². The molecule has 7 heteroatoms. The average molecular weight is 251 g/mol. The van der Waals surface area contributed by atoms with Gasteiger partial charge in [-0.25, -0.2) is 4.39 Å². The fourth-order valence-corrected chi connectivity index (χ4v) is 1.26. The third-order valence-corrected chi connectivity index (χ3v) is 2.11. The third kappa shape index (κ3) is 3.42. The second-order valence-corrected chi connectivity index (χ2v) is 3.46. The van der Waals surface area contributed by atoms with Crippen molar-refractivity contribution in [3.63, 3.8) is 0 Å². The van der Waals surface area contributed by atoms with Gasteiger partial charge in [0.1, 0.15) is 11.9 Å². The molecule has 0 aromatic heterocycles. The summed E-state index contributed by atoms with van der Waals surface area (Å²) in [5.74, 6) is -2.74. The van der Waals surface area contributed by atoms with E-state index in [9.17, 15) is 22.4 Å². The van der Waals surface area contributed by atoms with Gasteiger partial charge in [-0.1, -0.05) is 6.07 Å². The van der Waals surface area contributed by atoms with E-state index in [0.717, 1.165) is 6.07 Å². The second kappa shape index (κ2) is 4.70. The van der Waals surface area contributed by atoms with Gasteiger partial charge in [-0.15, -0.1) is 0 Å². The SMILES string of the molecule is N[C@H](Cc1ccc(C(F)(F)F)c(F)c1)C(=O)O. The van der Waals surface area contributed by atoms with Gasteiger partial charge in [-0.05, 0) is 24.1 Å². The van der Waals surface area contributed by atoms with Crippen molar-refractivity contribution in [1.82, 2.24) is 0 Å². The molecule has 1 aromatic rings. The Bertz CT molecular complexity index is 431. The summed E-state index contributed by atoms with van der Waals surface area (Å²) < 4.78 is 49.7. The maximum absolute atomic E-state index is 13.1. The number of carbonyl (C=O) groups is 1. The lowest BCUT2D eigenvalue weighted by Gasteiger charge is -2.10. The van der Waals surface area contributed by atoms with Crippen molar-refractivity contribution in [1.29, 1.82) is 0 Å². The van der Waals surface area contributed by atoms with Gasteiger partial charge >= 0.3 is 12.1 Å². The van der Waals surface area contributed by atoms with Crippen molar-refractivity contribution < 1.29 is 27.5 Å². The standard InChI is InChI=1S/C10H9F4NO2/c11-7-3-5(4-8(15)9(16)17)1-2-6(7)10(12,13)14/h1-3,8H,4,15H2,(H,16,17)/t8-/m1/s1. The maximum Gasteiger partial charge on any atom is 0.419 e. The molecule has 3 nitrogen and oxygen atoms in total. The Kier molecular flexibility index (Phi) is 3.72. The largest absolute Gasteiger partial charge is 0.480 e. The molecule has 0 fully saturated rings. The van der Waals surface area contributed by atoms with Gasteiger partial charge in [0, 0.05) is 0 Å². The summed E-state index contributed by atoms with van der Waals surface area (Å²) in [6, 6.07) is 0.950. The minimum Gasteiger partial charge on any atom is -0.480 e. The van der Waals surface area contributed by atoms with Crippen molar-refractivity contribution in [2.24, 2.45) is 5.73 Å². The molecule has 0 spiro atoms. The van der Waals surface area contributed by atoms with Gasteiger partial charge in [0.2, 0.25) is 0 Å². The lowest BCUT2D eigenvalue weighted by atomic mass is 10.0. The zero-order chi connectivity index (χ0) is 13.2. The Hall–Kier alpha value is -1.63. The number of alkyl halides is 3. The number of rotatable bonds is 3. The smallest absolute Gasteiger partial charge is 0.419 e. The fraction of sp³-hybridized carbons (Fsp3) is 0.300. The van der Waals surface area contributed by atoms with E-state index in [0.29, 0.717) is 12.1 Å². The first-order valence-electron chi connectivity index (χ1n) is 4.56. The van der Waals surface area contributed by atoms with Crippen LogP contribution in [0.5, 0.6) is 0 Å². The van der Waals surface area contributed by atoms with E-state index in [1.165, 1.54) is 0 Å². The topological polar surface area (TPSA) is 63.3 Å². The Morgan fingerprint density at radius 2 is 2.00 bits per heavy atom. The van der Waals surface area contributed by atoms with E-state index in [2.05, 4.69) is 0 Å². The Labute approximate surface area is 93.8 Å². The molecule has 17 heavy (non-hydrogen) atoms. The number of hydrogen-bond acceptors (Lipinski definition) is 2. The lowest BCUT2D eigenvalue weighted by molar-refractivity contribution is -0.140. The first-order chi connectivity index (χ1) is 7.71. The van der Waals surface area contributed by atoms with Crippen LogP contribution in [-0.2, 0) is 17.4 Å². The molecule has 1 rings (SSSR count). The third-order valence-electron chi connectivity index (χ3n) is 2.11. The quantitative estimate of drug-likeness (QED) is 0.805. The molecule has 1 aromatic carbocycles. The molecule has 3 N–H and O–H groups in total. The molecule has 94 valence electrons. The molecule has 0 heterocycles. The highest BCUT2D eigenvalue weighted by molar-refractivity contribution is 5.73. The summed E-state index contributed by atoms with van der Waals surface area (Å²) >= 11 is 0. The van der Waals surface area contributed by atoms with Gasteiger partial charge in [0.15, 0.2) is 0 Å². The molecule has 0 unspecified atom stereocenters. The average Bonchev–Trinajstić information content (AvgIpc) is 2.15. The van der Waals surface area contributed by atoms with E-state index in [1.54, 1.807) is 0 Å². The molecule has 0 aliphatic carbocycles. The van der Waals surface area contributed by atoms with Crippen LogP contribution in [0.3, 0.4) is 0 Å². The van der Waals surface area contributed by atoms with Crippen molar-refractivity contribution in [2.45, 2.75) is 18.6 Å². The molecule has 0 radical (unpaired) electrons. The molecular formula is C10H9F4NO2. The first kappa shape index (κ1) is 13.4. The number of nitrogens with two attached hydrogens (primary N) is 1. The predicted octanol–water partition coefficient (Wildman–Crippen LogP) is 1.80. The predicted molar refractivity (Wildman–Crippen MR) is 50.7 cm³/mol. The normalized spacial score (nSPS) is 13.5. The minimum absolute atomic E-state index is 0.102. The Morgan fingerprint density at radius 1 is 1.41 bits per heavy atom. The zero-order valence-electron chi connectivity index (χ0n) is 8.46. The summed E-state index contributed by atoms with van der Waals surface area (Å²) in [6.07, 6.45) is -5.00. The number of hydrogen-bond donors (Lipinski definition) is 2. The van der Waals surface area contributed by atoms with Crippen LogP contribution >= 0.6 is 0 Å². The van der Waals surface area contributed by atoms with Crippen LogP contribution in [0, 0.1) is 5.82 Å². The molecule has 0 saturated carbocycles. The van der Waals surface area contributed by atoms with E-state index in [1.807, 2.05) is 0 Å². The fourth-order valence-electron chi connectivity index (χ4n) is 1.26. The van der Waals surface area contributed by atoms with E-state index < -0.39 is 29.6 Å². The first-order valence-corrected chi connectivity index (χ1v) is 4.56. The van der Waals surface area contributed by atoms with E-state index in [-0.39, 0.29) is 12.0 Å². The van der Waals surface area contributed by atoms with Crippen LogP contribution in [0.2, 0.25) is 0 Å². The number of benzene rings is 1. The number of carboxylic acid groups (broad SMARTS) is 1. The molecule has 0 aliphatic heterocycles. The summed E-state index contributed by atoms with van der Waals surface area (Å²) in [5, 5.41) is 8.50. The van der Waals surface area contributed by atoms with Crippen LogP contribution in [0.15, 0.2) is 18.2 Å². The number of carboxylic acids is 1. The second-order valence-electron chi connectivity index (χ2n) is 3.46. The molecular weight excluding hydrogens is 242 g/mol. The zero-order valence-corrected chi connectivity index (χ0v) is 8.46. The summed E-state index contributed by atoms with van der Waals surface area (Å²) in [7, 11) is 0. The van der Waals surface area contributed by atoms with Crippen molar-refractivity contribution in [2.75, 3.05) is 0 Å². The van der Waals surface area contributed by atoms with Gasteiger partial charge in [-0.2, -0.15) is 13.2 Å². The molecule has 0 aliphatic rings. The van der Waals surface area contributed by atoms with Crippen LogP contribution in [0.1, 0.15) is 11.1 Å². The minimum atomic E-state index is -4.77. The van der Waals surface area contributed by atoms with Crippen LogP contribution in [-0.4, -0.2) is 17.1 Å². The molecule has 0 amide bonds. The van der Waals surface area contributed by atoms with E-state index >= 15 is 0 Å². The van der Waals surface area contributed by atoms with Crippen molar-refractivity contribution in [3.05, 3.63) is 35.1 Å². The van der Waals surface area contributed by atoms with Gasteiger partial charge in [0.05, 0.1) is 5.56 Å². The summed E-state index contributed by atoms with van der Waals surface area (Å²) in [6.45, 7) is 0. The highest BCUT2D eigenvalue weighted by Crippen LogP contribution is 2.31. The van der Waals surface area contributed by atoms with Crippen molar-refractivity contribution >= 4 is 5.97 Å². The highest BCUT2D eigenvalue weighted by atomic mass is 19.4. The van der Waals surface area contributed by atoms with E-state index in [4.69, 9.17) is 10.8 Å². The van der Waals surface area contributed by atoms with Crippen molar-refractivity contribution in [3.8, 4) is 0 Å². The molecule has 1 atom stereocenters. The maximum atomic E-state index is 13.1. The highest BCUT2D eigenvalue weighted by Gasteiger charge is 2.33. The van der Waals surface area contributed by atoms with Gasteiger partial charge in [0.25, 0.3) is 0 Å². The molecule has 0 saturated heterocycles. The summed E-state index contributed by atoms with van der Waals surface area (Å²) in [5.41, 5.74) is 3.90. The van der Waals surface area contributed by atoms with Gasteiger partial charge < -0.3 is 10.8 Å². The monoisotopic (exact) mass is 251 g/mol. The lowest BCUT2D eigenvalue weighted by Crippen LogP contribution is -2.32.